The quantitative estimate of drug-likeness (QED) is 0.860. The standard InChI is InChI=1S/C15H21ClN2O/c1-18(10-11-5-3-2-4-6-11)15(19)13-8-7-12(17)9-14(13)16/h7-9,11H,2-6,10,17H2,1H3. The summed E-state index contributed by atoms with van der Waals surface area (Å²) in [5.41, 5.74) is 6.76. The predicted molar refractivity (Wildman–Crippen MR) is 79.4 cm³/mol. The average Bonchev–Trinajstić information content (AvgIpc) is 2.39. The number of carbonyl (C=O) groups is 1. The van der Waals surface area contributed by atoms with E-state index in [1.165, 1.54) is 32.1 Å². The fourth-order valence-electron chi connectivity index (χ4n) is 2.75. The first-order valence-corrected chi connectivity index (χ1v) is 7.26. The molecule has 104 valence electrons. The maximum Gasteiger partial charge on any atom is 0.255 e. The van der Waals surface area contributed by atoms with Gasteiger partial charge in [0.25, 0.3) is 5.91 Å². The summed E-state index contributed by atoms with van der Waals surface area (Å²) in [7, 11) is 1.85. The molecule has 0 aliphatic heterocycles. The van der Waals surface area contributed by atoms with Crippen LogP contribution in [0.5, 0.6) is 0 Å². The number of anilines is 1. The minimum Gasteiger partial charge on any atom is -0.399 e. The molecule has 3 nitrogen and oxygen atoms in total. The van der Waals surface area contributed by atoms with Gasteiger partial charge in [-0.25, -0.2) is 0 Å². The molecule has 0 radical (unpaired) electrons. The van der Waals surface area contributed by atoms with E-state index in [1.54, 1.807) is 23.1 Å². The van der Waals surface area contributed by atoms with Crippen LogP contribution in [0.4, 0.5) is 5.69 Å². The first kappa shape index (κ1) is 14.2. The van der Waals surface area contributed by atoms with Crippen molar-refractivity contribution in [3.05, 3.63) is 28.8 Å². The molecule has 0 bridgehead atoms. The van der Waals surface area contributed by atoms with Gasteiger partial charge in [-0.2, -0.15) is 0 Å². The Hall–Kier alpha value is -1.22. The lowest BCUT2D eigenvalue weighted by atomic mass is 9.89. The van der Waals surface area contributed by atoms with Crippen molar-refractivity contribution in [3.63, 3.8) is 0 Å². The molecule has 1 fully saturated rings. The normalized spacial score (nSPS) is 16.3. The van der Waals surface area contributed by atoms with Crippen molar-refractivity contribution in [2.24, 2.45) is 5.92 Å². The van der Waals surface area contributed by atoms with Crippen LogP contribution in [-0.4, -0.2) is 24.4 Å². The van der Waals surface area contributed by atoms with Crippen molar-refractivity contribution in [1.82, 2.24) is 4.90 Å². The van der Waals surface area contributed by atoms with E-state index in [0.29, 0.717) is 22.2 Å². The van der Waals surface area contributed by atoms with Gasteiger partial charge in [0, 0.05) is 19.3 Å². The zero-order chi connectivity index (χ0) is 13.8. The lowest BCUT2D eigenvalue weighted by molar-refractivity contribution is 0.0761. The fourth-order valence-corrected chi connectivity index (χ4v) is 3.02. The fraction of sp³-hybridized carbons (Fsp3) is 0.533. The van der Waals surface area contributed by atoms with E-state index >= 15 is 0 Å². The van der Waals surface area contributed by atoms with Crippen molar-refractivity contribution >= 4 is 23.2 Å². The molecule has 1 aliphatic carbocycles. The summed E-state index contributed by atoms with van der Waals surface area (Å²) in [6.45, 7) is 0.819. The highest BCUT2D eigenvalue weighted by atomic mass is 35.5. The van der Waals surface area contributed by atoms with E-state index in [0.717, 1.165) is 6.54 Å². The third kappa shape index (κ3) is 3.63. The Morgan fingerprint density at radius 1 is 1.37 bits per heavy atom. The van der Waals surface area contributed by atoms with Crippen LogP contribution in [-0.2, 0) is 0 Å². The molecule has 0 heterocycles. The van der Waals surface area contributed by atoms with Crippen LogP contribution in [0, 0.1) is 5.92 Å². The summed E-state index contributed by atoms with van der Waals surface area (Å²) in [4.78, 5) is 14.1. The number of nitrogens with two attached hydrogens (primary N) is 1. The largest absolute Gasteiger partial charge is 0.399 e. The molecule has 4 heteroatoms. The Morgan fingerprint density at radius 2 is 2.05 bits per heavy atom. The number of hydrogen-bond donors (Lipinski definition) is 1. The number of carbonyl (C=O) groups excluding carboxylic acids is 1. The number of amides is 1. The van der Waals surface area contributed by atoms with E-state index < -0.39 is 0 Å². The minimum atomic E-state index is -0.0180. The van der Waals surface area contributed by atoms with Gasteiger partial charge in [0.1, 0.15) is 0 Å². The Balaban J connectivity index is 2.01. The Kier molecular flexibility index (Phi) is 4.70. The average molecular weight is 281 g/mol. The summed E-state index contributed by atoms with van der Waals surface area (Å²) in [5, 5.41) is 0.431. The monoisotopic (exact) mass is 280 g/mol. The second-order valence-electron chi connectivity index (χ2n) is 5.43. The van der Waals surface area contributed by atoms with Gasteiger partial charge in [0.05, 0.1) is 10.6 Å². The van der Waals surface area contributed by atoms with Gasteiger partial charge < -0.3 is 10.6 Å². The highest BCUT2D eigenvalue weighted by Gasteiger charge is 2.20. The molecule has 0 spiro atoms. The highest BCUT2D eigenvalue weighted by molar-refractivity contribution is 6.34. The molecule has 2 N–H and O–H groups in total. The number of hydrogen-bond acceptors (Lipinski definition) is 2. The van der Waals surface area contributed by atoms with Crippen molar-refractivity contribution in [2.45, 2.75) is 32.1 Å². The lowest BCUT2D eigenvalue weighted by Crippen LogP contribution is -2.32. The van der Waals surface area contributed by atoms with E-state index in [9.17, 15) is 4.79 Å². The summed E-state index contributed by atoms with van der Waals surface area (Å²) in [5.74, 6) is 0.617. The number of benzene rings is 1. The van der Waals surface area contributed by atoms with Gasteiger partial charge in [0.2, 0.25) is 0 Å². The summed E-state index contributed by atoms with van der Waals surface area (Å²) in [6.07, 6.45) is 6.36. The van der Waals surface area contributed by atoms with Crippen LogP contribution >= 0.6 is 11.6 Å². The summed E-state index contributed by atoms with van der Waals surface area (Å²) in [6, 6.07) is 5.05. The molecule has 2 rings (SSSR count). The first-order chi connectivity index (χ1) is 9.08. The van der Waals surface area contributed by atoms with Gasteiger partial charge in [-0.1, -0.05) is 30.9 Å². The second kappa shape index (κ2) is 6.29. The zero-order valence-corrected chi connectivity index (χ0v) is 12.1. The summed E-state index contributed by atoms with van der Waals surface area (Å²) < 4.78 is 0. The van der Waals surface area contributed by atoms with E-state index in [-0.39, 0.29) is 5.91 Å². The van der Waals surface area contributed by atoms with E-state index in [1.807, 2.05) is 7.05 Å². The van der Waals surface area contributed by atoms with Crippen molar-refractivity contribution in [2.75, 3.05) is 19.3 Å². The van der Waals surface area contributed by atoms with Gasteiger partial charge in [-0.15, -0.1) is 0 Å². The smallest absolute Gasteiger partial charge is 0.255 e. The molecule has 0 unspecified atom stereocenters. The van der Waals surface area contributed by atoms with Crippen LogP contribution in [0.1, 0.15) is 42.5 Å². The molecular formula is C15H21ClN2O. The second-order valence-corrected chi connectivity index (χ2v) is 5.84. The molecule has 1 aromatic carbocycles. The van der Waals surface area contributed by atoms with Gasteiger partial charge >= 0.3 is 0 Å². The number of halogens is 1. The van der Waals surface area contributed by atoms with Crippen LogP contribution in [0.25, 0.3) is 0 Å². The van der Waals surface area contributed by atoms with Gasteiger partial charge in [-0.05, 0) is 37.0 Å². The third-order valence-corrected chi connectivity index (χ3v) is 4.14. The molecule has 1 aromatic rings. The molecule has 19 heavy (non-hydrogen) atoms. The third-order valence-electron chi connectivity index (χ3n) is 3.83. The zero-order valence-electron chi connectivity index (χ0n) is 11.4. The van der Waals surface area contributed by atoms with E-state index in [4.69, 9.17) is 17.3 Å². The Morgan fingerprint density at radius 3 is 2.68 bits per heavy atom. The topological polar surface area (TPSA) is 46.3 Å². The molecule has 0 saturated heterocycles. The van der Waals surface area contributed by atoms with Crippen molar-refractivity contribution < 1.29 is 4.79 Å². The van der Waals surface area contributed by atoms with Gasteiger partial charge in [0.15, 0.2) is 0 Å². The molecule has 1 aliphatic rings. The molecular weight excluding hydrogens is 260 g/mol. The molecule has 0 aromatic heterocycles. The highest BCUT2D eigenvalue weighted by Crippen LogP contribution is 2.25. The minimum absolute atomic E-state index is 0.0180. The van der Waals surface area contributed by atoms with Gasteiger partial charge in [-0.3, -0.25) is 4.79 Å². The van der Waals surface area contributed by atoms with Crippen LogP contribution < -0.4 is 5.73 Å². The SMILES string of the molecule is CN(CC1CCCCC1)C(=O)c1ccc(N)cc1Cl. The lowest BCUT2D eigenvalue weighted by Gasteiger charge is -2.27. The Bertz CT molecular complexity index is 455. The number of nitrogens with zero attached hydrogens (tertiary/aromatic N) is 1. The van der Waals surface area contributed by atoms with E-state index in [2.05, 4.69) is 0 Å². The van der Waals surface area contributed by atoms with Crippen molar-refractivity contribution in [1.29, 1.82) is 0 Å². The molecule has 0 atom stereocenters. The number of rotatable bonds is 3. The number of nitrogen functional groups attached to an aromatic ring is 1. The maximum absolute atomic E-state index is 12.4. The van der Waals surface area contributed by atoms with Crippen LogP contribution in [0.2, 0.25) is 5.02 Å². The van der Waals surface area contributed by atoms with Crippen LogP contribution in [0.3, 0.4) is 0 Å². The van der Waals surface area contributed by atoms with Crippen LogP contribution in [0.15, 0.2) is 18.2 Å². The Labute approximate surface area is 119 Å². The first-order valence-electron chi connectivity index (χ1n) is 6.88. The van der Waals surface area contributed by atoms with Crippen molar-refractivity contribution in [3.8, 4) is 0 Å². The summed E-state index contributed by atoms with van der Waals surface area (Å²) >= 11 is 6.08. The molecule has 1 amide bonds. The molecule has 1 saturated carbocycles. The maximum atomic E-state index is 12.4. The predicted octanol–water partition coefficient (Wildman–Crippen LogP) is 3.57.